The molecule has 0 aromatic carbocycles. The lowest BCUT2D eigenvalue weighted by atomic mass is 10.1. The summed E-state index contributed by atoms with van der Waals surface area (Å²) in [6.07, 6.45) is 1.28. The van der Waals surface area contributed by atoms with Gasteiger partial charge >= 0.3 is 5.97 Å². The predicted molar refractivity (Wildman–Crippen MR) is 119 cm³/mol. The van der Waals surface area contributed by atoms with Crippen LogP contribution in [-0.4, -0.2) is 78.4 Å². The quantitative estimate of drug-likeness (QED) is 0.0554. The van der Waals surface area contributed by atoms with Crippen LogP contribution in [0.25, 0.3) is 0 Å². The molecule has 0 aromatic rings. The highest BCUT2D eigenvalue weighted by molar-refractivity contribution is 5.93. The number of nitrogens with two attached hydrogens (primary N) is 5. The fourth-order valence-corrected chi connectivity index (χ4v) is 2.65. The van der Waals surface area contributed by atoms with Gasteiger partial charge in [-0.1, -0.05) is 0 Å². The minimum absolute atomic E-state index is 0.0934. The summed E-state index contributed by atoms with van der Waals surface area (Å²) in [5.74, 6) is -4.36. The molecule has 15 heteroatoms. The van der Waals surface area contributed by atoms with E-state index in [-0.39, 0.29) is 25.3 Å². The van der Waals surface area contributed by atoms with Crippen LogP contribution in [-0.2, 0) is 24.0 Å². The fraction of sp³-hybridized carbons (Fsp3) is 0.667. The molecule has 0 saturated carbocycles. The van der Waals surface area contributed by atoms with E-state index in [4.69, 9.17) is 28.7 Å². The van der Waals surface area contributed by atoms with Crippen molar-refractivity contribution in [2.24, 2.45) is 33.7 Å². The van der Waals surface area contributed by atoms with Crippen LogP contribution in [0.2, 0.25) is 0 Å². The maximum Gasteiger partial charge on any atom is 0.326 e. The first kappa shape index (κ1) is 29.5. The van der Waals surface area contributed by atoms with Gasteiger partial charge in [0.15, 0.2) is 5.96 Å². The Morgan fingerprint density at radius 1 is 0.879 bits per heavy atom. The van der Waals surface area contributed by atoms with Gasteiger partial charge in [-0.15, -0.1) is 0 Å². The topological polar surface area (TPSA) is 284 Å². The molecular weight excluding hydrogens is 438 g/mol. The van der Waals surface area contributed by atoms with Crippen molar-refractivity contribution < 1.29 is 29.1 Å². The lowest BCUT2D eigenvalue weighted by Crippen LogP contribution is -2.54. The summed E-state index contributed by atoms with van der Waals surface area (Å²) in [6, 6.07) is -3.50. The third-order valence-corrected chi connectivity index (χ3v) is 4.34. The Balaban J connectivity index is 4.95. The lowest BCUT2D eigenvalue weighted by Gasteiger charge is -2.20. The second kappa shape index (κ2) is 16.2. The van der Waals surface area contributed by atoms with Crippen LogP contribution >= 0.6 is 0 Å². The molecule has 0 radical (unpaired) electrons. The number of rotatable bonds is 17. The van der Waals surface area contributed by atoms with Gasteiger partial charge in [0.25, 0.3) is 0 Å². The molecule has 33 heavy (non-hydrogen) atoms. The number of amides is 4. The third kappa shape index (κ3) is 14.3. The Morgan fingerprint density at radius 3 is 2.06 bits per heavy atom. The van der Waals surface area contributed by atoms with Crippen LogP contribution in [0, 0.1) is 0 Å². The van der Waals surface area contributed by atoms with E-state index in [1.165, 1.54) is 0 Å². The largest absolute Gasteiger partial charge is 0.480 e. The van der Waals surface area contributed by atoms with Crippen LogP contribution in [0.15, 0.2) is 4.99 Å². The number of primary amides is 1. The average molecular weight is 474 g/mol. The van der Waals surface area contributed by atoms with Gasteiger partial charge in [-0.25, -0.2) is 4.79 Å². The normalized spacial score (nSPS) is 13.2. The summed E-state index contributed by atoms with van der Waals surface area (Å²) in [4.78, 5) is 62.8. The minimum atomic E-state index is -1.26. The number of unbranched alkanes of at least 4 members (excludes halogenated alkanes) is 1. The highest BCUT2D eigenvalue weighted by Gasteiger charge is 2.25. The molecule has 0 rings (SSSR count). The third-order valence-electron chi connectivity index (χ3n) is 4.34. The number of aliphatic imine (C=N–C) groups is 1. The van der Waals surface area contributed by atoms with E-state index in [9.17, 15) is 29.1 Å². The van der Waals surface area contributed by atoms with Gasteiger partial charge in [0.1, 0.15) is 12.1 Å². The van der Waals surface area contributed by atoms with Crippen molar-refractivity contribution in [2.75, 3.05) is 19.6 Å². The van der Waals surface area contributed by atoms with Crippen molar-refractivity contribution in [2.45, 2.75) is 56.7 Å². The highest BCUT2D eigenvalue weighted by atomic mass is 16.4. The van der Waals surface area contributed by atoms with E-state index in [2.05, 4.69) is 20.9 Å². The van der Waals surface area contributed by atoms with Gasteiger partial charge in [0.2, 0.25) is 23.6 Å². The molecule has 188 valence electrons. The zero-order valence-electron chi connectivity index (χ0n) is 18.4. The molecule has 3 atom stereocenters. The van der Waals surface area contributed by atoms with E-state index in [0.29, 0.717) is 25.8 Å². The monoisotopic (exact) mass is 473 g/mol. The van der Waals surface area contributed by atoms with Crippen molar-refractivity contribution >= 4 is 35.6 Å². The number of nitrogens with zero attached hydrogens (tertiary/aromatic N) is 1. The second-order valence-corrected chi connectivity index (χ2v) is 7.25. The Kier molecular flexibility index (Phi) is 14.5. The maximum absolute atomic E-state index is 12.5. The average Bonchev–Trinajstić information content (AvgIpc) is 2.72. The molecule has 0 bridgehead atoms. The van der Waals surface area contributed by atoms with Crippen molar-refractivity contribution in [3.05, 3.63) is 0 Å². The molecule has 3 unspecified atom stereocenters. The van der Waals surface area contributed by atoms with Crippen molar-refractivity contribution in [1.82, 2.24) is 16.0 Å². The SMILES string of the molecule is NCCCCC(NC(=O)CNC(=O)C(CCCN=C(N)N)NC(=O)C(N)CC(N)=O)C(=O)O. The molecule has 0 spiro atoms. The smallest absolute Gasteiger partial charge is 0.326 e. The lowest BCUT2D eigenvalue weighted by molar-refractivity contribution is -0.142. The first-order valence-corrected chi connectivity index (χ1v) is 10.4. The molecule has 0 heterocycles. The second-order valence-electron chi connectivity index (χ2n) is 7.25. The number of carbonyl (C=O) groups is 5. The molecule has 0 aliphatic heterocycles. The molecule has 0 saturated heterocycles. The van der Waals surface area contributed by atoms with Crippen LogP contribution in [0.1, 0.15) is 38.5 Å². The van der Waals surface area contributed by atoms with Crippen LogP contribution < -0.4 is 44.6 Å². The number of carboxylic acid groups (broad SMARTS) is 1. The predicted octanol–water partition coefficient (Wildman–Crippen LogP) is -4.46. The first-order valence-electron chi connectivity index (χ1n) is 10.4. The molecule has 0 aromatic heterocycles. The van der Waals surface area contributed by atoms with Crippen molar-refractivity contribution in [3.63, 3.8) is 0 Å². The van der Waals surface area contributed by atoms with E-state index < -0.39 is 60.7 Å². The Labute approximate surface area is 191 Å². The Morgan fingerprint density at radius 2 is 1.52 bits per heavy atom. The Hall–Kier alpha value is -3.46. The standard InChI is InChI=1S/C18H35N9O6/c19-6-2-1-4-12(17(32)33)26-14(29)9-25-16(31)11(5-3-7-24-18(22)23)27-15(30)10(20)8-13(21)28/h10-12H,1-9,19-20H2,(H2,21,28)(H,25,31)(H,26,29)(H,27,30)(H,32,33)(H4,22,23,24). The van der Waals surface area contributed by atoms with E-state index in [1.807, 2.05) is 0 Å². The summed E-state index contributed by atoms with van der Waals surface area (Å²) in [7, 11) is 0. The van der Waals surface area contributed by atoms with E-state index in [1.54, 1.807) is 0 Å². The van der Waals surface area contributed by atoms with E-state index >= 15 is 0 Å². The zero-order chi connectivity index (χ0) is 25.4. The van der Waals surface area contributed by atoms with Crippen LogP contribution in [0.3, 0.4) is 0 Å². The zero-order valence-corrected chi connectivity index (χ0v) is 18.4. The van der Waals surface area contributed by atoms with Gasteiger partial charge in [0.05, 0.1) is 19.0 Å². The molecule has 0 aliphatic rings. The number of hydrogen-bond acceptors (Lipinski definition) is 8. The maximum atomic E-state index is 12.5. The molecule has 0 fully saturated rings. The number of guanidine groups is 1. The summed E-state index contributed by atoms with van der Waals surface area (Å²) < 4.78 is 0. The summed E-state index contributed by atoms with van der Waals surface area (Å²) in [5, 5.41) is 16.3. The summed E-state index contributed by atoms with van der Waals surface area (Å²) in [6.45, 7) is 0.0573. The molecule has 0 aliphatic carbocycles. The number of nitrogens with one attached hydrogen (secondary N) is 3. The molecular formula is C18H35N9O6. The van der Waals surface area contributed by atoms with Gasteiger partial charge < -0.3 is 49.7 Å². The first-order chi connectivity index (χ1) is 15.5. The van der Waals surface area contributed by atoms with Crippen molar-refractivity contribution in [3.8, 4) is 0 Å². The molecule has 14 N–H and O–H groups in total. The molecule has 4 amide bonds. The number of carboxylic acids is 1. The van der Waals surface area contributed by atoms with Gasteiger partial charge in [-0.05, 0) is 38.6 Å². The van der Waals surface area contributed by atoms with E-state index in [0.717, 1.165) is 0 Å². The fourth-order valence-electron chi connectivity index (χ4n) is 2.65. The van der Waals surface area contributed by atoms with Gasteiger partial charge in [-0.3, -0.25) is 24.2 Å². The van der Waals surface area contributed by atoms with Crippen molar-refractivity contribution in [1.29, 1.82) is 0 Å². The number of hydrogen-bond donors (Lipinski definition) is 9. The number of aliphatic carboxylic acids is 1. The number of carbonyl (C=O) groups excluding carboxylic acids is 4. The summed E-state index contributed by atoms with van der Waals surface area (Å²) >= 11 is 0. The van der Waals surface area contributed by atoms with Crippen LogP contribution in [0.4, 0.5) is 0 Å². The Bertz CT molecular complexity index is 712. The highest BCUT2D eigenvalue weighted by Crippen LogP contribution is 2.02. The summed E-state index contributed by atoms with van der Waals surface area (Å²) in [5.41, 5.74) is 26.5. The molecule has 15 nitrogen and oxygen atoms in total. The van der Waals surface area contributed by atoms with Gasteiger partial charge in [-0.2, -0.15) is 0 Å². The van der Waals surface area contributed by atoms with Crippen LogP contribution in [0.5, 0.6) is 0 Å². The minimum Gasteiger partial charge on any atom is -0.480 e. The van der Waals surface area contributed by atoms with Gasteiger partial charge in [0, 0.05) is 6.54 Å².